The van der Waals surface area contributed by atoms with Crippen LogP contribution in [0.15, 0.2) is 30.3 Å². The molecule has 1 aliphatic heterocycles. The number of rotatable bonds is 9. The Morgan fingerprint density at radius 1 is 1.23 bits per heavy atom. The molecule has 1 aromatic carbocycles. The Kier molecular flexibility index (Phi) is 8.06. The fraction of sp³-hybridized carbons (Fsp3) is 0.600. The Morgan fingerprint density at radius 2 is 1.96 bits per heavy atom. The van der Waals surface area contributed by atoms with Gasteiger partial charge in [-0.2, -0.15) is 0 Å². The molecule has 2 unspecified atom stereocenters. The van der Waals surface area contributed by atoms with E-state index in [2.05, 4.69) is 0 Å². The van der Waals surface area contributed by atoms with Gasteiger partial charge in [0.15, 0.2) is 12.7 Å². The van der Waals surface area contributed by atoms with Gasteiger partial charge in [-0.25, -0.2) is 4.79 Å². The summed E-state index contributed by atoms with van der Waals surface area (Å²) in [6.45, 7) is 6.83. The second-order valence-corrected chi connectivity index (χ2v) is 6.82. The molecule has 0 saturated carbocycles. The molecule has 0 aromatic heterocycles. The highest BCUT2D eigenvalue weighted by Crippen LogP contribution is 2.13. The van der Waals surface area contributed by atoms with Gasteiger partial charge in [0, 0.05) is 19.2 Å². The first-order chi connectivity index (χ1) is 12.5. The largest absolute Gasteiger partial charge is 0.454 e. The maximum Gasteiger partial charge on any atom is 0.335 e. The fourth-order valence-electron chi connectivity index (χ4n) is 2.77. The topological polar surface area (TPSA) is 65.1 Å². The summed E-state index contributed by atoms with van der Waals surface area (Å²) in [5, 5.41) is 0. The molecule has 6 nitrogen and oxygen atoms in total. The van der Waals surface area contributed by atoms with Crippen molar-refractivity contribution >= 4 is 11.9 Å². The van der Waals surface area contributed by atoms with E-state index < -0.39 is 12.1 Å². The van der Waals surface area contributed by atoms with E-state index in [0.717, 1.165) is 25.0 Å². The van der Waals surface area contributed by atoms with Crippen molar-refractivity contribution in [3.05, 3.63) is 35.9 Å². The summed E-state index contributed by atoms with van der Waals surface area (Å²) in [4.78, 5) is 26.2. The van der Waals surface area contributed by atoms with Crippen LogP contribution in [-0.2, 0) is 30.3 Å². The van der Waals surface area contributed by atoms with Crippen molar-refractivity contribution < 1.29 is 23.8 Å². The molecule has 0 aliphatic carbocycles. The lowest BCUT2D eigenvalue weighted by Crippen LogP contribution is -2.40. The lowest BCUT2D eigenvalue weighted by atomic mass is 10.2. The van der Waals surface area contributed by atoms with E-state index in [0.29, 0.717) is 13.2 Å². The normalized spacial score (nSPS) is 17.9. The van der Waals surface area contributed by atoms with E-state index in [1.807, 2.05) is 44.2 Å². The van der Waals surface area contributed by atoms with Gasteiger partial charge in [0.25, 0.3) is 5.91 Å². The number of carbonyl (C=O) groups is 2. The summed E-state index contributed by atoms with van der Waals surface area (Å²) >= 11 is 0. The van der Waals surface area contributed by atoms with Gasteiger partial charge in [-0.1, -0.05) is 30.3 Å². The van der Waals surface area contributed by atoms with Gasteiger partial charge in [0.05, 0.1) is 12.7 Å². The zero-order valence-electron chi connectivity index (χ0n) is 15.8. The van der Waals surface area contributed by atoms with Gasteiger partial charge in [0.2, 0.25) is 0 Å². The van der Waals surface area contributed by atoms with Crippen LogP contribution >= 0.6 is 0 Å². The first kappa shape index (κ1) is 20.4. The van der Waals surface area contributed by atoms with Crippen molar-refractivity contribution in [3.63, 3.8) is 0 Å². The summed E-state index contributed by atoms with van der Waals surface area (Å²) in [5.74, 6) is -0.747. The minimum Gasteiger partial charge on any atom is -0.454 e. The molecule has 0 radical (unpaired) electrons. The molecule has 1 amide bonds. The molecule has 144 valence electrons. The van der Waals surface area contributed by atoms with E-state index >= 15 is 0 Å². The number of esters is 1. The zero-order valence-corrected chi connectivity index (χ0v) is 15.8. The number of benzene rings is 1. The van der Waals surface area contributed by atoms with Gasteiger partial charge in [-0.3, -0.25) is 4.79 Å². The number of carbonyl (C=O) groups excluding carboxylic acids is 2. The lowest BCUT2D eigenvalue weighted by molar-refractivity contribution is -0.163. The minimum absolute atomic E-state index is 0.00889. The van der Waals surface area contributed by atoms with Crippen LogP contribution in [0.3, 0.4) is 0 Å². The third-order valence-electron chi connectivity index (χ3n) is 4.37. The summed E-state index contributed by atoms with van der Waals surface area (Å²) in [5.41, 5.74) is 1.04. The molecule has 0 bridgehead atoms. The lowest BCUT2D eigenvalue weighted by Gasteiger charge is -2.27. The average molecular weight is 363 g/mol. The van der Waals surface area contributed by atoms with Gasteiger partial charge in [-0.05, 0) is 39.2 Å². The Bertz CT molecular complexity index is 569. The van der Waals surface area contributed by atoms with Crippen LogP contribution < -0.4 is 0 Å². The number of nitrogens with zero attached hydrogens (tertiary/aromatic N) is 1. The molecule has 2 atom stereocenters. The van der Waals surface area contributed by atoms with E-state index in [1.165, 1.54) is 0 Å². The quantitative estimate of drug-likeness (QED) is 0.631. The molecule has 1 aromatic rings. The minimum atomic E-state index is -0.714. The van der Waals surface area contributed by atoms with Gasteiger partial charge >= 0.3 is 5.97 Å². The van der Waals surface area contributed by atoms with Crippen LogP contribution in [0.2, 0.25) is 0 Å². The van der Waals surface area contributed by atoms with Gasteiger partial charge in [-0.15, -0.1) is 0 Å². The van der Waals surface area contributed by atoms with Crippen LogP contribution in [0, 0.1) is 0 Å². The molecule has 0 N–H and O–H groups in total. The third kappa shape index (κ3) is 6.42. The summed E-state index contributed by atoms with van der Waals surface area (Å²) in [6.07, 6.45) is 1.31. The van der Waals surface area contributed by atoms with Crippen LogP contribution in [0.5, 0.6) is 0 Å². The predicted octanol–water partition coefficient (Wildman–Crippen LogP) is 2.55. The maximum absolute atomic E-state index is 12.5. The highest BCUT2D eigenvalue weighted by molar-refractivity contribution is 5.82. The van der Waals surface area contributed by atoms with Crippen LogP contribution in [0.1, 0.15) is 39.2 Å². The Labute approximate surface area is 155 Å². The van der Waals surface area contributed by atoms with Gasteiger partial charge in [0.1, 0.15) is 0 Å². The monoisotopic (exact) mass is 363 g/mol. The predicted molar refractivity (Wildman–Crippen MR) is 97.5 cm³/mol. The number of hydrogen-bond acceptors (Lipinski definition) is 5. The standard InChI is InChI=1S/C20H29NO5/c1-15(2)21(12-17-8-5-4-6-9-17)19(22)14-26-20(23)16(3)25-13-18-10-7-11-24-18/h4-6,8-9,15-16,18H,7,10-14H2,1-3H3. The first-order valence-corrected chi connectivity index (χ1v) is 9.20. The summed E-state index contributed by atoms with van der Waals surface area (Å²) < 4.78 is 16.1. The van der Waals surface area contributed by atoms with Crippen LogP contribution in [0.25, 0.3) is 0 Å². The maximum atomic E-state index is 12.5. The molecule has 26 heavy (non-hydrogen) atoms. The van der Waals surface area contributed by atoms with Crippen molar-refractivity contribution in [1.82, 2.24) is 4.90 Å². The van der Waals surface area contributed by atoms with Crippen LogP contribution in [-0.4, -0.2) is 54.8 Å². The highest BCUT2D eigenvalue weighted by Gasteiger charge is 2.23. The van der Waals surface area contributed by atoms with Crippen molar-refractivity contribution in [2.75, 3.05) is 19.8 Å². The zero-order chi connectivity index (χ0) is 18.9. The van der Waals surface area contributed by atoms with E-state index in [4.69, 9.17) is 14.2 Å². The second-order valence-electron chi connectivity index (χ2n) is 6.82. The number of ether oxygens (including phenoxy) is 3. The van der Waals surface area contributed by atoms with Gasteiger partial charge < -0.3 is 19.1 Å². The molecule has 2 rings (SSSR count). The molecule has 1 heterocycles. The molecular formula is C20H29NO5. The van der Waals surface area contributed by atoms with Crippen molar-refractivity contribution in [2.45, 2.75) is 58.4 Å². The SMILES string of the molecule is CC(OCC1CCCO1)C(=O)OCC(=O)N(Cc1ccccc1)C(C)C. The number of amides is 1. The van der Waals surface area contributed by atoms with Crippen molar-refractivity contribution in [3.8, 4) is 0 Å². The van der Waals surface area contributed by atoms with Crippen LogP contribution in [0.4, 0.5) is 0 Å². The first-order valence-electron chi connectivity index (χ1n) is 9.20. The number of hydrogen-bond donors (Lipinski definition) is 0. The molecule has 1 fully saturated rings. The summed E-state index contributed by atoms with van der Waals surface area (Å²) in [7, 11) is 0. The molecule has 0 spiro atoms. The highest BCUT2D eigenvalue weighted by atomic mass is 16.6. The summed E-state index contributed by atoms with van der Waals surface area (Å²) in [6, 6.07) is 9.75. The Hall–Kier alpha value is -1.92. The smallest absolute Gasteiger partial charge is 0.335 e. The van der Waals surface area contributed by atoms with E-state index in [9.17, 15) is 9.59 Å². The third-order valence-corrected chi connectivity index (χ3v) is 4.37. The Balaban J connectivity index is 1.77. The molecular weight excluding hydrogens is 334 g/mol. The van der Waals surface area contributed by atoms with E-state index in [-0.39, 0.29) is 24.7 Å². The van der Waals surface area contributed by atoms with Crippen molar-refractivity contribution in [2.24, 2.45) is 0 Å². The molecule has 1 saturated heterocycles. The average Bonchev–Trinajstić information content (AvgIpc) is 3.16. The molecule has 1 aliphatic rings. The van der Waals surface area contributed by atoms with E-state index in [1.54, 1.807) is 11.8 Å². The Morgan fingerprint density at radius 3 is 2.58 bits per heavy atom. The fourth-order valence-corrected chi connectivity index (χ4v) is 2.77. The second kappa shape index (κ2) is 10.3. The molecule has 6 heteroatoms. The van der Waals surface area contributed by atoms with Crippen molar-refractivity contribution in [1.29, 1.82) is 0 Å².